The zero-order valence-corrected chi connectivity index (χ0v) is 15.3. The number of carbonyl (C=O) groups excluding carboxylic acids is 2. The molecule has 3 N–H and O–H groups in total. The molecule has 0 saturated carbocycles. The summed E-state index contributed by atoms with van der Waals surface area (Å²) in [5.74, 6) is -1.60. The number of benzene rings is 1. The first-order valence-corrected chi connectivity index (χ1v) is 8.69. The smallest absolute Gasteiger partial charge is 0.407 e. The number of nitrogens with two attached hydrogens (primary N) is 1. The van der Waals surface area contributed by atoms with Crippen molar-refractivity contribution < 1.29 is 27.5 Å². The van der Waals surface area contributed by atoms with Crippen molar-refractivity contribution in [3.63, 3.8) is 0 Å². The summed E-state index contributed by atoms with van der Waals surface area (Å²) in [7, 11) is 0. The third-order valence-corrected chi connectivity index (χ3v) is 4.35. The molecule has 1 heterocycles. The largest absolute Gasteiger partial charge is 0.573 e. The maximum absolute atomic E-state index is 12.6. The molecular formula is C18H21F3N4O3. The molecule has 0 bridgehead atoms. The van der Waals surface area contributed by atoms with Crippen molar-refractivity contribution in [1.29, 1.82) is 0 Å². The Morgan fingerprint density at radius 1 is 1.46 bits per heavy atom. The van der Waals surface area contributed by atoms with E-state index in [1.165, 1.54) is 17.0 Å². The monoisotopic (exact) mass is 398 g/mol. The molecule has 1 fully saturated rings. The van der Waals surface area contributed by atoms with Crippen LogP contribution in [0.4, 0.5) is 18.9 Å². The molecule has 0 spiro atoms. The molecule has 2 atom stereocenters. The Bertz CT molecular complexity index is 774. The summed E-state index contributed by atoms with van der Waals surface area (Å²) in [6.07, 6.45) is -3.71. The molecule has 10 heteroatoms. The maximum Gasteiger partial charge on any atom is 0.573 e. The van der Waals surface area contributed by atoms with E-state index in [1.54, 1.807) is 6.92 Å². The molecule has 7 nitrogen and oxygen atoms in total. The number of carbonyl (C=O) groups is 2. The van der Waals surface area contributed by atoms with E-state index in [1.807, 2.05) is 0 Å². The first-order chi connectivity index (χ1) is 13.1. The van der Waals surface area contributed by atoms with Crippen LogP contribution in [-0.2, 0) is 16.1 Å². The number of amides is 2. The highest BCUT2D eigenvalue weighted by molar-refractivity contribution is 5.83. The Morgan fingerprint density at radius 2 is 2.18 bits per heavy atom. The van der Waals surface area contributed by atoms with Gasteiger partial charge in [0.1, 0.15) is 5.75 Å². The summed E-state index contributed by atoms with van der Waals surface area (Å²) in [4.78, 5) is 29.0. The van der Waals surface area contributed by atoms with Gasteiger partial charge in [0, 0.05) is 25.2 Å². The average molecular weight is 398 g/mol. The van der Waals surface area contributed by atoms with Gasteiger partial charge in [-0.2, -0.15) is 0 Å². The van der Waals surface area contributed by atoms with Crippen molar-refractivity contribution in [3.8, 4) is 5.75 Å². The van der Waals surface area contributed by atoms with Crippen molar-refractivity contribution in [1.82, 2.24) is 10.2 Å². The molecule has 152 valence electrons. The summed E-state index contributed by atoms with van der Waals surface area (Å²) < 4.78 is 41.8. The third-order valence-electron chi connectivity index (χ3n) is 4.35. The fourth-order valence-corrected chi connectivity index (χ4v) is 2.98. The number of hydrogen-bond donors (Lipinski definition) is 2. The highest BCUT2D eigenvalue weighted by Crippen LogP contribution is 2.30. The van der Waals surface area contributed by atoms with Gasteiger partial charge in [0.15, 0.2) is 5.69 Å². The molecule has 0 aromatic heterocycles. The van der Waals surface area contributed by atoms with E-state index in [9.17, 15) is 22.8 Å². The van der Waals surface area contributed by atoms with E-state index in [4.69, 9.17) is 12.3 Å². The Morgan fingerprint density at radius 3 is 2.79 bits per heavy atom. The molecule has 0 radical (unpaired) electrons. The van der Waals surface area contributed by atoms with Crippen LogP contribution in [0.3, 0.4) is 0 Å². The van der Waals surface area contributed by atoms with Gasteiger partial charge >= 0.3 is 6.36 Å². The zero-order chi connectivity index (χ0) is 20.9. The second-order valence-electron chi connectivity index (χ2n) is 6.58. The number of nitrogens with one attached hydrogen (secondary N) is 1. The number of nitrogens with zero attached hydrogens (tertiary/aromatic N) is 2. The van der Waals surface area contributed by atoms with Gasteiger partial charge in [0.25, 0.3) is 0 Å². The van der Waals surface area contributed by atoms with Crippen LogP contribution < -0.4 is 15.8 Å². The van der Waals surface area contributed by atoms with Gasteiger partial charge < -0.3 is 20.7 Å². The average Bonchev–Trinajstić information content (AvgIpc) is 2.64. The summed E-state index contributed by atoms with van der Waals surface area (Å²) >= 11 is 0. The molecule has 0 unspecified atom stereocenters. The highest BCUT2D eigenvalue weighted by Gasteiger charge is 2.33. The number of hydrogen-bond acceptors (Lipinski definition) is 4. The van der Waals surface area contributed by atoms with Crippen LogP contribution >= 0.6 is 0 Å². The van der Waals surface area contributed by atoms with Gasteiger partial charge in [0.2, 0.25) is 11.8 Å². The van der Waals surface area contributed by atoms with Crippen molar-refractivity contribution in [3.05, 3.63) is 35.2 Å². The molecule has 1 aromatic carbocycles. The fraction of sp³-hybridized carbons (Fsp3) is 0.500. The predicted octanol–water partition coefficient (Wildman–Crippen LogP) is 2.34. The fourth-order valence-electron chi connectivity index (χ4n) is 2.98. The Labute approximate surface area is 160 Å². The first kappa shape index (κ1) is 21.5. The van der Waals surface area contributed by atoms with Gasteiger partial charge in [-0.1, -0.05) is 12.1 Å². The topological polar surface area (TPSA) is 89.0 Å². The van der Waals surface area contributed by atoms with E-state index < -0.39 is 24.1 Å². The second-order valence-corrected chi connectivity index (χ2v) is 6.58. The lowest BCUT2D eigenvalue weighted by molar-refractivity contribution is -0.274. The Kier molecular flexibility index (Phi) is 6.85. The van der Waals surface area contributed by atoms with E-state index >= 15 is 0 Å². The van der Waals surface area contributed by atoms with Gasteiger partial charge in [0.05, 0.1) is 18.5 Å². The number of piperidine rings is 1. The van der Waals surface area contributed by atoms with Crippen molar-refractivity contribution in [2.75, 3.05) is 13.1 Å². The van der Waals surface area contributed by atoms with Crippen LogP contribution in [0.15, 0.2) is 18.2 Å². The lowest BCUT2D eigenvalue weighted by atomic mass is 9.96. The minimum absolute atomic E-state index is 0.00772. The second kappa shape index (κ2) is 8.93. The van der Waals surface area contributed by atoms with Gasteiger partial charge in [-0.25, -0.2) is 4.85 Å². The normalized spacial score (nSPS) is 18.1. The summed E-state index contributed by atoms with van der Waals surface area (Å²) in [6, 6.07) is 2.97. The molecule has 28 heavy (non-hydrogen) atoms. The van der Waals surface area contributed by atoms with Crippen LogP contribution in [-0.4, -0.2) is 42.2 Å². The third kappa shape index (κ3) is 5.85. The standard InChI is InChI=1S/C18H21F3N4O3/c1-11(22)17(27)25-7-3-4-13(10-25)16(26)24-9-12-5-6-14(23-2)8-15(12)28-18(19,20)21/h5-6,8,11,13H,3-4,7,9-10,22H2,1H3,(H,24,26)/t11-,13-/m1/s1. The van der Waals surface area contributed by atoms with E-state index in [-0.39, 0.29) is 36.2 Å². The Balaban J connectivity index is 2.04. The highest BCUT2D eigenvalue weighted by atomic mass is 19.4. The van der Waals surface area contributed by atoms with Crippen molar-refractivity contribution in [2.45, 2.75) is 38.7 Å². The SMILES string of the molecule is [C-]#[N+]c1ccc(CNC(=O)[C@@H]2CCCN(C(=O)[C@@H](C)N)C2)c(OC(F)(F)F)c1. The molecule has 2 rings (SSSR count). The Hall–Kier alpha value is -2.80. The molecule has 0 aliphatic carbocycles. The van der Waals surface area contributed by atoms with Crippen molar-refractivity contribution in [2.24, 2.45) is 11.7 Å². The molecule has 1 aromatic rings. The van der Waals surface area contributed by atoms with E-state index in [0.717, 1.165) is 6.07 Å². The molecule has 2 amide bonds. The van der Waals surface area contributed by atoms with Crippen LogP contribution in [0.1, 0.15) is 25.3 Å². The van der Waals surface area contributed by atoms with E-state index in [0.29, 0.717) is 19.4 Å². The summed E-state index contributed by atoms with van der Waals surface area (Å²) in [5, 5.41) is 2.59. The van der Waals surface area contributed by atoms with Gasteiger partial charge in [-0.3, -0.25) is 9.59 Å². The molecular weight excluding hydrogens is 377 g/mol. The molecule has 1 aliphatic heterocycles. The number of likely N-dealkylation sites (tertiary alicyclic amines) is 1. The minimum atomic E-state index is -4.91. The molecule has 1 aliphatic rings. The quantitative estimate of drug-likeness (QED) is 0.745. The van der Waals surface area contributed by atoms with E-state index in [2.05, 4.69) is 14.9 Å². The lowest BCUT2D eigenvalue weighted by Crippen LogP contribution is -2.49. The van der Waals surface area contributed by atoms with Crippen molar-refractivity contribution >= 4 is 17.5 Å². The lowest BCUT2D eigenvalue weighted by Gasteiger charge is -2.33. The number of rotatable bonds is 5. The zero-order valence-electron chi connectivity index (χ0n) is 15.3. The van der Waals surface area contributed by atoms with Gasteiger partial charge in [-0.05, 0) is 25.8 Å². The van der Waals surface area contributed by atoms with Crippen LogP contribution in [0.2, 0.25) is 0 Å². The molecule has 1 saturated heterocycles. The number of ether oxygens (including phenoxy) is 1. The van der Waals surface area contributed by atoms with Crippen LogP contribution in [0.5, 0.6) is 5.75 Å². The minimum Gasteiger partial charge on any atom is -0.407 e. The maximum atomic E-state index is 12.6. The van der Waals surface area contributed by atoms with Crippen LogP contribution in [0.25, 0.3) is 4.85 Å². The summed E-state index contributed by atoms with van der Waals surface area (Å²) in [6.45, 7) is 9.02. The predicted molar refractivity (Wildman–Crippen MR) is 94.2 cm³/mol. The number of halogens is 3. The number of alkyl halides is 3. The first-order valence-electron chi connectivity index (χ1n) is 8.69. The van der Waals surface area contributed by atoms with Gasteiger partial charge in [-0.15, -0.1) is 13.2 Å². The summed E-state index contributed by atoms with van der Waals surface area (Å²) in [5.41, 5.74) is 5.68. The van der Waals surface area contributed by atoms with Crippen LogP contribution in [0, 0.1) is 12.5 Å².